The van der Waals surface area contributed by atoms with E-state index in [1.807, 2.05) is 6.58 Å². The van der Waals surface area contributed by atoms with Crippen LogP contribution in [-0.2, 0) is 9.53 Å². The summed E-state index contributed by atoms with van der Waals surface area (Å²) in [5, 5.41) is 0. The molecule has 35 heavy (non-hydrogen) atoms. The molecule has 4 aliphatic rings. The third-order valence-corrected chi connectivity index (χ3v) is 6.51. The molecular weight excluding hydrogens is 554 g/mol. The van der Waals surface area contributed by atoms with Gasteiger partial charge in [-0.2, -0.15) is 39.5 Å². The second-order valence-electron chi connectivity index (χ2n) is 7.88. The Balaban J connectivity index is 2.46. The first-order chi connectivity index (χ1) is 15.0. The summed E-state index contributed by atoms with van der Waals surface area (Å²) >= 11 is 0. The maximum absolute atomic E-state index is 14.8. The largest absolute Gasteiger partial charge is 0.461 e. The molecule has 0 aromatic carbocycles. The maximum atomic E-state index is 14.8. The van der Waals surface area contributed by atoms with Crippen molar-refractivity contribution in [2.24, 2.45) is 5.41 Å². The summed E-state index contributed by atoms with van der Waals surface area (Å²) in [5.41, 5.74) is -33.9. The molecule has 0 heterocycles. The van der Waals surface area contributed by atoms with Crippen molar-refractivity contribution in [2.75, 3.05) is 6.61 Å². The Morgan fingerprint density at radius 2 is 0.829 bits per heavy atom. The lowest BCUT2D eigenvalue weighted by Crippen LogP contribution is -3.08. The first-order valence-electron chi connectivity index (χ1n) is 8.31. The number of carbonyl (C=O) groups is 1. The van der Waals surface area contributed by atoms with Crippen LogP contribution in [0.15, 0.2) is 12.2 Å². The van der Waals surface area contributed by atoms with E-state index in [-0.39, 0.29) is 0 Å². The molecule has 0 unspecified atom stereocenters. The SMILES string of the molecule is C=C(C(=O)OCC12C(F)(F)C3(F)C(F)(F)C(F)(C(F)(F)C(F)(C3(F)F)C1(F)F)C2(F)F)C(F)(F)F. The first kappa shape index (κ1) is 27.5. The van der Waals surface area contributed by atoms with E-state index in [9.17, 15) is 83.8 Å². The Kier molecular flexibility index (Phi) is 4.65. The summed E-state index contributed by atoms with van der Waals surface area (Å²) in [7, 11) is 0. The number of hydrogen-bond acceptors (Lipinski definition) is 2. The minimum absolute atomic E-state index is 1.87. The summed E-state index contributed by atoms with van der Waals surface area (Å²) in [6.07, 6.45) is -5.96. The lowest BCUT2D eigenvalue weighted by atomic mass is 9.36. The Morgan fingerprint density at radius 1 is 0.571 bits per heavy atom. The zero-order valence-corrected chi connectivity index (χ0v) is 15.5. The topological polar surface area (TPSA) is 26.3 Å². The Labute approximate surface area is 178 Å². The summed E-state index contributed by atoms with van der Waals surface area (Å²) < 4.78 is 258. The summed E-state index contributed by atoms with van der Waals surface area (Å²) in [5.74, 6) is -51.1. The number of rotatable bonds is 3. The molecule has 0 spiro atoms. The molecule has 0 aliphatic heterocycles. The van der Waals surface area contributed by atoms with Gasteiger partial charge in [0.15, 0.2) is 0 Å². The average Bonchev–Trinajstić information content (AvgIpc) is 2.66. The number of ether oxygens (including phenoxy) is 1. The van der Waals surface area contributed by atoms with Gasteiger partial charge in [0.05, 0.1) is 0 Å². The molecule has 0 N–H and O–H groups in total. The van der Waals surface area contributed by atoms with Gasteiger partial charge in [0.2, 0.25) is 5.41 Å². The Bertz CT molecular complexity index is 895. The fourth-order valence-corrected chi connectivity index (χ4v) is 4.61. The minimum atomic E-state index is -8.05. The molecule has 0 amide bonds. The van der Waals surface area contributed by atoms with Crippen LogP contribution >= 0.6 is 0 Å². The van der Waals surface area contributed by atoms with Crippen LogP contribution in [0.5, 0.6) is 0 Å². The number of carbonyl (C=O) groups excluding carboxylic acids is 1. The molecule has 4 saturated carbocycles. The lowest BCUT2D eigenvalue weighted by Gasteiger charge is -2.75. The van der Waals surface area contributed by atoms with Crippen molar-refractivity contribution in [2.45, 2.75) is 58.7 Å². The van der Waals surface area contributed by atoms with Gasteiger partial charge < -0.3 is 4.74 Å². The molecule has 4 fully saturated rings. The number of hydrogen-bond donors (Lipinski definition) is 0. The van der Waals surface area contributed by atoms with Crippen LogP contribution in [0.25, 0.3) is 0 Å². The summed E-state index contributed by atoms with van der Waals surface area (Å²) in [6.45, 7) is -2.18. The van der Waals surface area contributed by atoms with Crippen molar-refractivity contribution in [1.82, 2.24) is 0 Å². The van der Waals surface area contributed by atoms with Gasteiger partial charge in [0.1, 0.15) is 12.2 Å². The third-order valence-electron chi connectivity index (χ3n) is 6.51. The Morgan fingerprint density at radius 3 is 1.06 bits per heavy atom. The standard InChI is InChI=1S/C15H4F18O2/c1-3(6(16,17)18)4(34)35-2-5-10(22,23)7(19)13(28,29)8(20,11(5,24)25)15(32,33)9(21,12(5,26)27)14(7,30)31/h1-2H2. The van der Waals surface area contributed by atoms with E-state index in [1.165, 1.54) is 0 Å². The quantitative estimate of drug-likeness (QED) is 0.256. The fourth-order valence-electron chi connectivity index (χ4n) is 4.61. The average molecular weight is 558 g/mol. The van der Waals surface area contributed by atoms with Crippen LogP contribution in [0.2, 0.25) is 0 Å². The maximum Gasteiger partial charge on any atom is 0.422 e. The molecule has 0 aromatic heterocycles. The summed E-state index contributed by atoms with van der Waals surface area (Å²) in [6, 6.07) is 0. The van der Waals surface area contributed by atoms with E-state index >= 15 is 0 Å². The second-order valence-corrected chi connectivity index (χ2v) is 7.88. The zero-order chi connectivity index (χ0) is 28.1. The van der Waals surface area contributed by atoms with Crippen LogP contribution in [0.4, 0.5) is 79.0 Å². The normalized spacial score (nSPS) is 43.0. The molecule has 0 atom stereocenters. The van der Waals surface area contributed by atoms with Gasteiger partial charge in [-0.25, -0.2) is 44.3 Å². The van der Waals surface area contributed by atoms with Gasteiger partial charge >= 0.3 is 64.7 Å². The molecule has 4 rings (SSSR count). The van der Waals surface area contributed by atoms with Gasteiger partial charge in [-0.3, -0.25) is 0 Å². The number of esters is 1. The van der Waals surface area contributed by atoms with Gasteiger partial charge in [-0.1, -0.05) is 6.58 Å². The van der Waals surface area contributed by atoms with Gasteiger partial charge in [0.25, 0.3) is 0 Å². The van der Waals surface area contributed by atoms with E-state index in [1.54, 1.807) is 0 Å². The second kappa shape index (κ2) is 5.91. The van der Waals surface area contributed by atoms with E-state index in [4.69, 9.17) is 0 Å². The molecule has 2 nitrogen and oxygen atoms in total. The van der Waals surface area contributed by atoms with Crippen LogP contribution in [0, 0.1) is 5.41 Å². The lowest BCUT2D eigenvalue weighted by molar-refractivity contribution is -0.613. The van der Waals surface area contributed by atoms with Crippen LogP contribution < -0.4 is 0 Å². The van der Waals surface area contributed by atoms with Crippen LogP contribution in [0.1, 0.15) is 0 Å². The highest BCUT2D eigenvalue weighted by Crippen LogP contribution is 2.90. The van der Waals surface area contributed by atoms with Crippen molar-refractivity contribution in [3.63, 3.8) is 0 Å². The highest BCUT2D eigenvalue weighted by Gasteiger charge is 3.22. The highest BCUT2D eigenvalue weighted by molar-refractivity contribution is 5.89. The van der Waals surface area contributed by atoms with Crippen molar-refractivity contribution in [1.29, 1.82) is 0 Å². The fraction of sp³-hybridized carbons (Fsp3) is 0.800. The number of halogens is 18. The molecule has 20 heteroatoms. The molecule has 0 radical (unpaired) electrons. The molecular formula is C15H4F18O2. The highest BCUT2D eigenvalue weighted by atomic mass is 19.4. The van der Waals surface area contributed by atoms with Gasteiger partial charge in [0, 0.05) is 0 Å². The van der Waals surface area contributed by atoms with Crippen molar-refractivity contribution >= 4 is 5.97 Å². The predicted molar refractivity (Wildman–Crippen MR) is 69.8 cm³/mol. The smallest absolute Gasteiger partial charge is 0.422 e. The molecule has 0 saturated heterocycles. The number of alkyl halides is 18. The monoisotopic (exact) mass is 558 g/mol. The third kappa shape index (κ3) is 1.93. The minimum Gasteiger partial charge on any atom is -0.461 e. The molecule has 4 bridgehead atoms. The predicted octanol–water partition coefficient (Wildman–Crippen LogP) is 5.61. The summed E-state index contributed by atoms with van der Waals surface area (Å²) in [4.78, 5) is 11.2. The van der Waals surface area contributed by atoms with Crippen molar-refractivity contribution < 1.29 is 88.6 Å². The molecule has 0 aromatic rings. The van der Waals surface area contributed by atoms with Crippen LogP contribution in [-0.4, -0.2) is 71.3 Å². The van der Waals surface area contributed by atoms with E-state index < -0.39 is 82.3 Å². The Hall–Kier alpha value is -2.05. The zero-order valence-electron chi connectivity index (χ0n) is 15.5. The van der Waals surface area contributed by atoms with E-state index in [0.29, 0.717) is 0 Å². The van der Waals surface area contributed by atoms with Gasteiger partial charge in [-0.05, 0) is 0 Å². The van der Waals surface area contributed by atoms with Crippen molar-refractivity contribution in [3.05, 3.63) is 12.2 Å². The van der Waals surface area contributed by atoms with E-state index in [2.05, 4.69) is 4.74 Å². The van der Waals surface area contributed by atoms with E-state index in [0.717, 1.165) is 0 Å². The molecule has 202 valence electrons. The van der Waals surface area contributed by atoms with Crippen molar-refractivity contribution in [3.8, 4) is 0 Å². The van der Waals surface area contributed by atoms with Crippen LogP contribution in [0.3, 0.4) is 0 Å². The molecule has 4 aliphatic carbocycles. The van der Waals surface area contributed by atoms with Gasteiger partial charge in [-0.15, -0.1) is 0 Å². The first-order valence-corrected chi connectivity index (χ1v) is 8.31.